The predicted molar refractivity (Wildman–Crippen MR) is 134 cm³/mol. The number of hydrogen-bond donors (Lipinski definition) is 0. The van der Waals surface area contributed by atoms with Gasteiger partial charge in [-0.1, -0.05) is 17.8 Å². The van der Waals surface area contributed by atoms with Crippen molar-refractivity contribution in [3.05, 3.63) is 82.3 Å². The van der Waals surface area contributed by atoms with E-state index in [4.69, 9.17) is 18.3 Å². The SMILES string of the molecule is COc1ccc2c(=O)c(OCCCSc3nc4cc(C)ccc4o3)c(-c3ccc(F)cc3)oc2c1. The lowest BCUT2D eigenvalue weighted by molar-refractivity contribution is 0.310. The number of fused-ring (bicyclic) bond motifs is 2. The first-order valence-electron chi connectivity index (χ1n) is 11.1. The van der Waals surface area contributed by atoms with Gasteiger partial charge in [-0.15, -0.1) is 0 Å². The highest BCUT2D eigenvalue weighted by Crippen LogP contribution is 2.32. The Morgan fingerprint density at radius 1 is 1.00 bits per heavy atom. The van der Waals surface area contributed by atoms with Crippen molar-refractivity contribution in [2.75, 3.05) is 19.5 Å². The molecular formula is C27H22FNO5S. The molecule has 6 nitrogen and oxygen atoms in total. The van der Waals surface area contributed by atoms with Crippen molar-refractivity contribution in [2.45, 2.75) is 18.6 Å². The second-order valence-electron chi connectivity index (χ2n) is 7.96. The summed E-state index contributed by atoms with van der Waals surface area (Å²) in [6, 6.07) is 16.6. The molecule has 0 N–H and O–H groups in total. The lowest BCUT2D eigenvalue weighted by atomic mass is 10.1. The first-order chi connectivity index (χ1) is 17.0. The van der Waals surface area contributed by atoms with Crippen LogP contribution >= 0.6 is 11.8 Å². The summed E-state index contributed by atoms with van der Waals surface area (Å²) in [7, 11) is 1.54. The summed E-state index contributed by atoms with van der Waals surface area (Å²) in [5.41, 5.74) is 3.32. The standard InChI is InChI=1S/C27H22FNO5S/c1-16-4-11-22-21(14-16)29-27(34-22)35-13-3-12-32-26-24(30)20-10-9-19(31-2)15-23(20)33-25(26)17-5-7-18(28)8-6-17/h4-11,14-15H,3,12-13H2,1-2H3. The number of thioether (sulfide) groups is 1. The van der Waals surface area contributed by atoms with Crippen molar-refractivity contribution in [2.24, 2.45) is 0 Å². The van der Waals surface area contributed by atoms with Crippen LogP contribution in [0.1, 0.15) is 12.0 Å². The molecule has 2 heterocycles. The fourth-order valence-electron chi connectivity index (χ4n) is 3.68. The van der Waals surface area contributed by atoms with Gasteiger partial charge in [0, 0.05) is 17.4 Å². The lowest BCUT2D eigenvalue weighted by Gasteiger charge is -2.12. The first kappa shape index (κ1) is 23.0. The van der Waals surface area contributed by atoms with Crippen LogP contribution in [0.2, 0.25) is 0 Å². The maximum Gasteiger partial charge on any atom is 0.256 e. The van der Waals surface area contributed by atoms with Gasteiger partial charge in [-0.05, 0) is 67.4 Å². The summed E-state index contributed by atoms with van der Waals surface area (Å²) >= 11 is 1.49. The van der Waals surface area contributed by atoms with Gasteiger partial charge in [-0.3, -0.25) is 4.79 Å². The van der Waals surface area contributed by atoms with Crippen LogP contribution in [0, 0.1) is 12.7 Å². The van der Waals surface area contributed by atoms with E-state index in [0.717, 1.165) is 16.7 Å². The number of methoxy groups -OCH3 is 1. The van der Waals surface area contributed by atoms with Crippen LogP contribution in [0.3, 0.4) is 0 Å². The van der Waals surface area contributed by atoms with Crippen LogP contribution in [0.25, 0.3) is 33.4 Å². The fraction of sp³-hybridized carbons (Fsp3) is 0.185. The normalized spacial score (nSPS) is 11.3. The molecule has 8 heteroatoms. The Hall–Kier alpha value is -3.78. The molecule has 0 aliphatic rings. The van der Waals surface area contributed by atoms with Gasteiger partial charge in [-0.2, -0.15) is 0 Å². The summed E-state index contributed by atoms with van der Waals surface area (Å²) in [6.45, 7) is 2.30. The number of benzene rings is 3. The van der Waals surface area contributed by atoms with Gasteiger partial charge in [0.1, 0.15) is 22.7 Å². The topological polar surface area (TPSA) is 74.7 Å². The van der Waals surface area contributed by atoms with Crippen molar-refractivity contribution in [1.82, 2.24) is 4.98 Å². The second kappa shape index (κ2) is 9.84. The molecule has 0 fully saturated rings. The number of hydrogen-bond acceptors (Lipinski definition) is 7. The van der Waals surface area contributed by atoms with Crippen molar-refractivity contribution in [3.63, 3.8) is 0 Å². The molecular weight excluding hydrogens is 469 g/mol. The zero-order valence-corrected chi connectivity index (χ0v) is 20.0. The van der Waals surface area contributed by atoms with E-state index in [1.807, 2.05) is 25.1 Å². The quantitative estimate of drug-likeness (QED) is 0.178. The third kappa shape index (κ3) is 4.88. The fourth-order valence-corrected chi connectivity index (χ4v) is 4.42. The van der Waals surface area contributed by atoms with E-state index < -0.39 is 0 Å². The van der Waals surface area contributed by atoms with Crippen LogP contribution in [0.4, 0.5) is 4.39 Å². The third-order valence-corrected chi connectivity index (χ3v) is 6.36. The molecule has 0 spiro atoms. The predicted octanol–water partition coefficient (Wildman–Crippen LogP) is 6.62. The van der Waals surface area contributed by atoms with Crippen molar-refractivity contribution in [1.29, 1.82) is 0 Å². The molecule has 0 radical (unpaired) electrons. The number of aryl methyl sites for hydroxylation is 1. The Balaban J connectivity index is 1.35. The molecule has 0 bridgehead atoms. The first-order valence-corrected chi connectivity index (χ1v) is 12.0. The Morgan fingerprint density at radius 3 is 2.63 bits per heavy atom. The molecule has 5 aromatic rings. The van der Waals surface area contributed by atoms with Crippen molar-refractivity contribution >= 4 is 33.8 Å². The number of ether oxygens (including phenoxy) is 2. The summed E-state index contributed by atoms with van der Waals surface area (Å²) in [5, 5.41) is 0.972. The monoisotopic (exact) mass is 491 g/mol. The molecule has 35 heavy (non-hydrogen) atoms. The molecule has 178 valence electrons. The third-order valence-electron chi connectivity index (χ3n) is 5.45. The minimum absolute atomic E-state index is 0.0941. The number of nitrogens with zero attached hydrogens (tertiary/aromatic N) is 1. The van der Waals surface area contributed by atoms with Gasteiger partial charge in [-0.25, -0.2) is 9.37 Å². The molecule has 0 aliphatic carbocycles. The average molecular weight is 492 g/mol. The van der Waals surface area contributed by atoms with E-state index in [1.54, 1.807) is 30.3 Å². The maximum absolute atomic E-state index is 13.5. The van der Waals surface area contributed by atoms with Gasteiger partial charge in [0.25, 0.3) is 5.22 Å². The second-order valence-corrected chi connectivity index (χ2v) is 9.01. The van der Waals surface area contributed by atoms with E-state index in [9.17, 15) is 9.18 Å². The summed E-state index contributed by atoms with van der Waals surface area (Å²) in [6.07, 6.45) is 0.644. The van der Waals surface area contributed by atoms with Gasteiger partial charge in [0.15, 0.2) is 11.3 Å². The molecule has 2 aromatic heterocycles. The molecule has 0 atom stereocenters. The van der Waals surface area contributed by atoms with Gasteiger partial charge in [0.2, 0.25) is 11.2 Å². The highest BCUT2D eigenvalue weighted by molar-refractivity contribution is 7.99. The van der Waals surface area contributed by atoms with E-state index in [2.05, 4.69) is 4.98 Å². The van der Waals surface area contributed by atoms with E-state index in [0.29, 0.717) is 39.7 Å². The number of halogens is 1. The highest BCUT2D eigenvalue weighted by Gasteiger charge is 2.18. The van der Waals surface area contributed by atoms with Crippen molar-refractivity contribution < 1.29 is 22.7 Å². The van der Waals surface area contributed by atoms with Crippen LogP contribution in [0.15, 0.2) is 79.5 Å². The smallest absolute Gasteiger partial charge is 0.256 e. The van der Waals surface area contributed by atoms with Crippen LogP contribution < -0.4 is 14.9 Å². The molecule has 0 aliphatic heterocycles. The molecule has 3 aromatic carbocycles. The Labute approximate surface area is 204 Å². The highest BCUT2D eigenvalue weighted by atomic mass is 32.2. The number of rotatable bonds is 8. The maximum atomic E-state index is 13.5. The molecule has 0 unspecified atom stereocenters. The summed E-state index contributed by atoms with van der Waals surface area (Å²) < 4.78 is 36.5. The van der Waals surface area contributed by atoms with E-state index in [1.165, 1.54) is 31.0 Å². The zero-order valence-electron chi connectivity index (χ0n) is 19.2. The van der Waals surface area contributed by atoms with Crippen LogP contribution in [-0.2, 0) is 0 Å². The van der Waals surface area contributed by atoms with Gasteiger partial charge < -0.3 is 18.3 Å². The van der Waals surface area contributed by atoms with Crippen molar-refractivity contribution in [3.8, 4) is 22.8 Å². The molecule has 0 saturated heterocycles. The van der Waals surface area contributed by atoms with Crippen LogP contribution in [0.5, 0.6) is 11.5 Å². The number of oxazole rings is 1. The van der Waals surface area contributed by atoms with Gasteiger partial charge in [0.05, 0.1) is 19.1 Å². The Bertz CT molecular complexity index is 1560. The number of aromatic nitrogens is 1. The molecule has 0 saturated carbocycles. The largest absolute Gasteiger partial charge is 0.497 e. The molecule has 5 rings (SSSR count). The Morgan fingerprint density at radius 2 is 1.83 bits per heavy atom. The molecule has 0 amide bonds. The minimum atomic E-state index is -0.382. The Kier molecular flexibility index (Phi) is 6.46. The van der Waals surface area contributed by atoms with E-state index >= 15 is 0 Å². The van der Waals surface area contributed by atoms with Gasteiger partial charge >= 0.3 is 0 Å². The van der Waals surface area contributed by atoms with E-state index in [-0.39, 0.29) is 29.4 Å². The lowest BCUT2D eigenvalue weighted by Crippen LogP contribution is -2.11. The summed E-state index contributed by atoms with van der Waals surface area (Å²) in [4.78, 5) is 17.8. The zero-order chi connectivity index (χ0) is 24.4. The summed E-state index contributed by atoms with van der Waals surface area (Å²) in [5.74, 6) is 1.21. The average Bonchev–Trinajstić information content (AvgIpc) is 3.27. The van der Waals surface area contributed by atoms with Crippen LogP contribution in [-0.4, -0.2) is 24.5 Å². The minimum Gasteiger partial charge on any atom is -0.497 e.